The minimum atomic E-state index is -0.309. The van der Waals surface area contributed by atoms with Gasteiger partial charge in [0.2, 0.25) is 0 Å². The molecule has 1 amide bonds. The molecule has 142 valence electrons. The number of carbonyl (C=O) groups is 1. The summed E-state index contributed by atoms with van der Waals surface area (Å²) in [5.41, 5.74) is 2.36. The summed E-state index contributed by atoms with van der Waals surface area (Å²) in [4.78, 5) is 12.5. The first-order valence-electron chi connectivity index (χ1n) is 9.03. The van der Waals surface area contributed by atoms with Crippen LogP contribution in [0.3, 0.4) is 0 Å². The minimum absolute atomic E-state index is 0.236. The molecular formula is C22H21N3O3. The van der Waals surface area contributed by atoms with E-state index in [0.717, 1.165) is 27.9 Å². The van der Waals surface area contributed by atoms with Crippen LogP contribution in [0.2, 0.25) is 0 Å². The van der Waals surface area contributed by atoms with Gasteiger partial charge in [0.1, 0.15) is 18.1 Å². The van der Waals surface area contributed by atoms with Gasteiger partial charge in [-0.1, -0.05) is 30.3 Å². The van der Waals surface area contributed by atoms with E-state index in [-0.39, 0.29) is 18.3 Å². The second kappa shape index (κ2) is 7.23. The van der Waals surface area contributed by atoms with E-state index in [1.54, 1.807) is 16.8 Å². The van der Waals surface area contributed by atoms with Crippen LogP contribution in [0.4, 0.5) is 5.69 Å². The molecule has 4 aromatic rings. The van der Waals surface area contributed by atoms with Gasteiger partial charge in [0.05, 0.1) is 17.1 Å². The molecule has 0 bridgehead atoms. The number of amides is 1. The van der Waals surface area contributed by atoms with Crippen molar-refractivity contribution in [1.82, 2.24) is 9.78 Å². The number of fused-ring (bicyclic) bond motifs is 1. The maximum atomic E-state index is 12.5. The number of anilines is 1. The monoisotopic (exact) mass is 375 g/mol. The molecule has 0 spiro atoms. The second-order valence-electron chi connectivity index (χ2n) is 6.69. The Morgan fingerprint density at radius 1 is 1.11 bits per heavy atom. The maximum absolute atomic E-state index is 12.5. The molecule has 0 radical (unpaired) electrons. The highest BCUT2D eigenvalue weighted by molar-refractivity contribution is 6.02. The summed E-state index contributed by atoms with van der Waals surface area (Å²) in [6.45, 7) is 4.00. The number of aryl methyl sites for hydroxylation is 2. The molecule has 0 unspecified atom stereocenters. The maximum Gasteiger partial charge on any atom is 0.291 e. The zero-order valence-corrected chi connectivity index (χ0v) is 16.0. The molecule has 0 saturated carbocycles. The van der Waals surface area contributed by atoms with Crippen molar-refractivity contribution < 1.29 is 13.9 Å². The topological polar surface area (TPSA) is 69.3 Å². The predicted octanol–water partition coefficient (Wildman–Crippen LogP) is 4.61. The van der Waals surface area contributed by atoms with Crippen molar-refractivity contribution >= 4 is 22.4 Å². The lowest BCUT2D eigenvalue weighted by Gasteiger charge is -2.06. The van der Waals surface area contributed by atoms with E-state index in [0.29, 0.717) is 11.4 Å². The van der Waals surface area contributed by atoms with Crippen LogP contribution in [0.1, 0.15) is 27.7 Å². The lowest BCUT2D eigenvalue weighted by molar-refractivity contribution is 0.0992. The Kier molecular flexibility index (Phi) is 4.61. The van der Waals surface area contributed by atoms with Crippen molar-refractivity contribution in [1.29, 1.82) is 0 Å². The van der Waals surface area contributed by atoms with Gasteiger partial charge in [0, 0.05) is 7.05 Å². The second-order valence-corrected chi connectivity index (χ2v) is 6.69. The van der Waals surface area contributed by atoms with Crippen LogP contribution in [-0.2, 0) is 13.7 Å². The number of rotatable bonds is 5. The molecule has 1 N–H and O–H groups in total. The number of nitrogens with zero attached hydrogens (tertiary/aromatic N) is 2. The number of ether oxygens (including phenoxy) is 1. The van der Waals surface area contributed by atoms with E-state index in [1.807, 2.05) is 57.3 Å². The number of hydrogen-bond donors (Lipinski definition) is 1. The van der Waals surface area contributed by atoms with E-state index >= 15 is 0 Å². The first-order valence-corrected chi connectivity index (χ1v) is 9.03. The number of nitrogens with one attached hydrogen (secondary N) is 1. The molecule has 0 atom stereocenters. The number of furan rings is 1. The first-order chi connectivity index (χ1) is 13.5. The van der Waals surface area contributed by atoms with Crippen molar-refractivity contribution in [3.05, 3.63) is 77.5 Å². The quantitative estimate of drug-likeness (QED) is 0.553. The summed E-state index contributed by atoms with van der Waals surface area (Å²) < 4.78 is 13.2. The number of carbonyl (C=O) groups excluding carboxylic acids is 1. The predicted molar refractivity (Wildman–Crippen MR) is 108 cm³/mol. The number of benzene rings is 2. The normalized spacial score (nSPS) is 11.0. The molecule has 2 aromatic heterocycles. The summed E-state index contributed by atoms with van der Waals surface area (Å²) in [6, 6.07) is 17.4. The molecule has 0 saturated heterocycles. The highest BCUT2D eigenvalue weighted by Crippen LogP contribution is 2.23. The van der Waals surface area contributed by atoms with E-state index < -0.39 is 0 Å². The highest BCUT2D eigenvalue weighted by Gasteiger charge is 2.16. The minimum Gasteiger partial charge on any atom is -0.486 e. The first kappa shape index (κ1) is 17.9. The van der Waals surface area contributed by atoms with Crippen molar-refractivity contribution in [2.24, 2.45) is 7.05 Å². The lowest BCUT2D eigenvalue weighted by Crippen LogP contribution is -2.12. The van der Waals surface area contributed by atoms with E-state index in [1.165, 1.54) is 0 Å². The fourth-order valence-electron chi connectivity index (χ4n) is 3.12. The molecule has 0 fully saturated rings. The van der Waals surface area contributed by atoms with Gasteiger partial charge in [-0.2, -0.15) is 5.10 Å². The Balaban J connectivity index is 1.42. The van der Waals surface area contributed by atoms with Crippen LogP contribution >= 0.6 is 0 Å². The summed E-state index contributed by atoms with van der Waals surface area (Å²) in [5.74, 6) is 1.26. The van der Waals surface area contributed by atoms with E-state index in [4.69, 9.17) is 9.15 Å². The van der Waals surface area contributed by atoms with Crippen LogP contribution in [-0.4, -0.2) is 15.7 Å². The van der Waals surface area contributed by atoms with Gasteiger partial charge in [-0.15, -0.1) is 0 Å². The van der Waals surface area contributed by atoms with Gasteiger partial charge in [0.25, 0.3) is 5.91 Å². The molecule has 0 aliphatic heterocycles. The zero-order valence-electron chi connectivity index (χ0n) is 16.0. The van der Waals surface area contributed by atoms with Gasteiger partial charge in [-0.3, -0.25) is 9.48 Å². The third-order valence-corrected chi connectivity index (χ3v) is 4.74. The van der Waals surface area contributed by atoms with Crippen LogP contribution < -0.4 is 10.1 Å². The molecule has 2 aromatic carbocycles. The third kappa shape index (κ3) is 3.49. The van der Waals surface area contributed by atoms with Crippen LogP contribution in [0, 0.1) is 13.8 Å². The Labute approximate surface area is 162 Å². The summed E-state index contributed by atoms with van der Waals surface area (Å²) >= 11 is 0. The van der Waals surface area contributed by atoms with Crippen LogP contribution in [0.5, 0.6) is 5.75 Å². The van der Waals surface area contributed by atoms with Crippen molar-refractivity contribution in [3.8, 4) is 5.75 Å². The molecule has 6 nitrogen and oxygen atoms in total. The zero-order chi connectivity index (χ0) is 19.7. The van der Waals surface area contributed by atoms with Crippen molar-refractivity contribution in [2.75, 3.05) is 5.32 Å². The smallest absolute Gasteiger partial charge is 0.291 e. The van der Waals surface area contributed by atoms with Crippen LogP contribution in [0.15, 0.2) is 59.0 Å². The molecule has 4 rings (SSSR count). The van der Waals surface area contributed by atoms with Gasteiger partial charge in [-0.25, -0.2) is 0 Å². The third-order valence-electron chi connectivity index (χ3n) is 4.74. The van der Waals surface area contributed by atoms with Gasteiger partial charge in [0.15, 0.2) is 5.76 Å². The lowest BCUT2D eigenvalue weighted by atomic mass is 10.1. The average molecular weight is 375 g/mol. The Morgan fingerprint density at radius 2 is 1.89 bits per heavy atom. The van der Waals surface area contributed by atoms with Gasteiger partial charge < -0.3 is 14.5 Å². The van der Waals surface area contributed by atoms with Gasteiger partial charge >= 0.3 is 0 Å². The molecule has 28 heavy (non-hydrogen) atoms. The largest absolute Gasteiger partial charge is 0.486 e. The summed E-state index contributed by atoms with van der Waals surface area (Å²) in [5, 5.41) is 9.44. The highest BCUT2D eigenvalue weighted by atomic mass is 16.5. The average Bonchev–Trinajstić information content (AvgIpc) is 3.27. The van der Waals surface area contributed by atoms with E-state index in [2.05, 4.69) is 16.5 Å². The summed E-state index contributed by atoms with van der Waals surface area (Å²) in [6.07, 6.45) is 0. The molecule has 0 aliphatic rings. The SMILES string of the molecule is Cc1nn(C)c(C)c1NC(=O)c1ccc(COc2ccc3ccccc3c2)o1. The fourth-order valence-corrected chi connectivity index (χ4v) is 3.12. The Morgan fingerprint density at radius 3 is 2.64 bits per heavy atom. The van der Waals surface area contributed by atoms with Gasteiger partial charge in [-0.05, 0) is 48.9 Å². The Bertz CT molecular complexity index is 1160. The van der Waals surface area contributed by atoms with Crippen LogP contribution in [0.25, 0.3) is 10.8 Å². The summed E-state index contributed by atoms with van der Waals surface area (Å²) in [7, 11) is 1.84. The van der Waals surface area contributed by atoms with Crippen molar-refractivity contribution in [2.45, 2.75) is 20.5 Å². The Hall–Kier alpha value is -3.54. The molecule has 0 aliphatic carbocycles. The number of aromatic nitrogens is 2. The molecule has 6 heteroatoms. The van der Waals surface area contributed by atoms with Crippen molar-refractivity contribution in [3.63, 3.8) is 0 Å². The standard InChI is InChI=1S/C22H21N3O3/c1-14-21(15(2)25(3)24-14)23-22(26)20-11-10-19(28-20)13-27-18-9-8-16-6-4-5-7-17(16)12-18/h4-12H,13H2,1-3H3,(H,23,26). The number of hydrogen-bond acceptors (Lipinski definition) is 4. The molecule has 2 heterocycles. The van der Waals surface area contributed by atoms with E-state index in [9.17, 15) is 4.79 Å². The fraction of sp³-hybridized carbons (Fsp3) is 0.182. The molecular weight excluding hydrogens is 354 g/mol.